The molecular formula is C15H22NO6P. The lowest BCUT2D eigenvalue weighted by atomic mass is 10.2. The van der Waals surface area contributed by atoms with Crippen molar-refractivity contribution in [1.29, 1.82) is 0 Å². The minimum atomic E-state index is -4.29. The third-order valence-electron chi connectivity index (χ3n) is 2.78. The Labute approximate surface area is 135 Å². The van der Waals surface area contributed by atoms with Crippen LogP contribution in [-0.4, -0.2) is 41.2 Å². The van der Waals surface area contributed by atoms with E-state index in [0.29, 0.717) is 0 Å². The average molecular weight is 343 g/mol. The summed E-state index contributed by atoms with van der Waals surface area (Å²) >= 11 is 0. The van der Waals surface area contributed by atoms with Gasteiger partial charge in [0.25, 0.3) is 0 Å². The second-order valence-corrected chi connectivity index (χ2v) is 6.55. The zero-order valence-corrected chi connectivity index (χ0v) is 13.8. The van der Waals surface area contributed by atoms with Crippen LogP contribution in [-0.2, 0) is 25.4 Å². The molecule has 1 atom stereocenters. The molecule has 23 heavy (non-hydrogen) atoms. The lowest BCUT2D eigenvalue weighted by Crippen LogP contribution is -2.31. The Hall–Kier alpha value is -1.50. The first-order valence-electron chi connectivity index (χ1n) is 7.10. The molecule has 0 heterocycles. The summed E-state index contributed by atoms with van der Waals surface area (Å²) in [5, 5.41) is 0. The van der Waals surface area contributed by atoms with Crippen molar-refractivity contribution in [3.63, 3.8) is 0 Å². The molecule has 0 bridgehead atoms. The van der Waals surface area contributed by atoms with Crippen LogP contribution in [0, 0.1) is 0 Å². The largest absolute Gasteiger partial charge is 0.465 e. The van der Waals surface area contributed by atoms with Gasteiger partial charge in [0.15, 0.2) is 0 Å². The number of esters is 1. The maximum absolute atomic E-state index is 11.5. The van der Waals surface area contributed by atoms with Gasteiger partial charge in [0.05, 0.1) is 26.0 Å². The van der Waals surface area contributed by atoms with Crippen molar-refractivity contribution < 1.29 is 28.6 Å². The fraction of sp³-hybridized carbons (Fsp3) is 0.400. The molecule has 0 aliphatic heterocycles. The number of ether oxygens (including phenoxy) is 2. The Balaban J connectivity index is 2.68. The van der Waals surface area contributed by atoms with Crippen LogP contribution in [0.5, 0.6) is 0 Å². The van der Waals surface area contributed by atoms with Gasteiger partial charge in [-0.1, -0.05) is 36.4 Å². The molecule has 8 heteroatoms. The Morgan fingerprint density at radius 3 is 2.57 bits per heavy atom. The molecule has 1 aromatic rings. The summed E-state index contributed by atoms with van der Waals surface area (Å²) in [6.07, 6.45) is 0.761. The van der Waals surface area contributed by atoms with Crippen molar-refractivity contribution in [2.24, 2.45) is 5.73 Å². The predicted molar refractivity (Wildman–Crippen MR) is 85.7 cm³/mol. The average Bonchev–Trinajstić information content (AvgIpc) is 2.46. The minimum absolute atomic E-state index is 0.0346. The van der Waals surface area contributed by atoms with Gasteiger partial charge in [-0.25, -0.2) is 0 Å². The van der Waals surface area contributed by atoms with Gasteiger partial charge < -0.3 is 25.0 Å². The minimum Gasteiger partial charge on any atom is -0.465 e. The maximum Gasteiger partial charge on any atom is 0.329 e. The second-order valence-electron chi connectivity index (χ2n) is 4.90. The normalized spacial score (nSPS) is 13.7. The van der Waals surface area contributed by atoms with Gasteiger partial charge in [0.1, 0.15) is 6.04 Å². The zero-order valence-electron chi connectivity index (χ0n) is 12.9. The number of benzene rings is 1. The van der Waals surface area contributed by atoms with E-state index < -0.39 is 25.8 Å². The standard InChI is InChI=1S/C15H22NO6P/c1-2-22-15(17)14(16)8-13(11-23(18,19)20)10-21-9-12-6-4-3-5-7-12/h3-8,14H,2,9-11,16H2,1H3,(H2,18,19,20). The third-order valence-corrected chi connectivity index (χ3v) is 3.60. The summed E-state index contributed by atoms with van der Waals surface area (Å²) in [7, 11) is -4.29. The Kier molecular flexibility index (Phi) is 8.16. The monoisotopic (exact) mass is 343 g/mol. The third kappa shape index (κ3) is 8.64. The van der Waals surface area contributed by atoms with Crippen molar-refractivity contribution in [3.8, 4) is 0 Å². The highest BCUT2D eigenvalue weighted by molar-refractivity contribution is 7.52. The topological polar surface area (TPSA) is 119 Å². The first-order chi connectivity index (χ1) is 10.8. The fourth-order valence-electron chi connectivity index (χ4n) is 1.85. The van der Waals surface area contributed by atoms with Gasteiger partial charge in [-0.3, -0.25) is 9.36 Å². The van der Waals surface area contributed by atoms with Gasteiger partial charge in [-0.15, -0.1) is 0 Å². The maximum atomic E-state index is 11.5. The van der Waals surface area contributed by atoms with Crippen LogP contribution in [0.3, 0.4) is 0 Å². The molecule has 7 nitrogen and oxygen atoms in total. The first kappa shape index (κ1) is 19.5. The lowest BCUT2D eigenvalue weighted by Gasteiger charge is -2.13. The van der Waals surface area contributed by atoms with Crippen LogP contribution in [0.1, 0.15) is 12.5 Å². The summed E-state index contributed by atoms with van der Waals surface area (Å²) in [6, 6.07) is 8.26. The van der Waals surface area contributed by atoms with Crippen LogP contribution < -0.4 is 5.73 Å². The molecule has 1 rings (SSSR count). The van der Waals surface area contributed by atoms with Crippen LogP contribution in [0.25, 0.3) is 0 Å². The van der Waals surface area contributed by atoms with Gasteiger partial charge >= 0.3 is 13.6 Å². The fourth-order valence-corrected chi connectivity index (χ4v) is 2.57. The second kappa shape index (κ2) is 9.60. The van der Waals surface area contributed by atoms with Gasteiger partial charge in [-0.2, -0.15) is 0 Å². The molecule has 0 aliphatic rings. The number of hydrogen-bond acceptors (Lipinski definition) is 5. The Morgan fingerprint density at radius 2 is 2.00 bits per heavy atom. The van der Waals surface area contributed by atoms with Crippen molar-refractivity contribution in [3.05, 3.63) is 47.5 Å². The molecule has 0 fully saturated rings. The van der Waals surface area contributed by atoms with Gasteiger partial charge in [0, 0.05) is 0 Å². The molecule has 0 aromatic heterocycles. The van der Waals surface area contributed by atoms with Crippen LogP contribution in [0.4, 0.5) is 0 Å². The van der Waals surface area contributed by atoms with Crippen molar-refractivity contribution >= 4 is 13.6 Å². The number of carbonyl (C=O) groups excluding carboxylic acids is 1. The smallest absolute Gasteiger partial charge is 0.329 e. The molecule has 1 unspecified atom stereocenters. The number of rotatable bonds is 9. The quantitative estimate of drug-likeness (QED) is 0.350. The Bertz CT molecular complexity index is 569. The zero-order chi connectivity index (χ0) is 17.3. The van der Waals surface area contributed by atoms with Crippen LogP contribution >= 0.6 is 7.60 Å². The highest BCUT2D eigenvalue weighted by Crippen LogP contribution is 2.36. The SMILES string of the molecule is CCOC(=O)C(N)C=C(COCc1ccccc1)CP(=O)(O)O. The summed E-state index contributed by atoms with van der Waals surface area (Å²) < 4.78 is 21.4. The molecule has 0 radical (unpaired) electrons. The molecule has 128 valence electrons. The van der Waals surface area contributed by atoms with Crippen molar-refractivity contribution in [2.45, 2.75) is 19.6 Å². The van der Waals surface area contributed by atoms with Crippen LogP contribution in [0.2, 0.25) is 0 Å². The lowest BCUT2D eigenvalue weighted by molar-refractivity contribution is -0.143. The van der Waals surface area contributed by atoms with E-state index in [9.17, 15) is 9.36 Å². The number of nitrogens with two attached hydrogens (primary N) is 1. The molecule has 0 aliphatic carbocycles. The predicted octanol–water partition coefficient (Wildman–Crippen LogP) is 1.20. The van der Waals surface area contributed by atoms with Crippen molar-refractivity contribution in [2.75, 3.05) is 19.4 Å². The van der Waals surface area contributed by atoms with E-state index >= 15 is 0 Å². The molecule has 1 aromatic carbocycles. The van der Waals surface area contributed by atoms with Crippen LogP contribution in [0.15, 0.2) is 42.0 Å². The number of hydrogen-bond donors (Lipinski definition) is 3. The molecule has 0 saturated heterocycles. The van der Waals surface area contributed by atoms with E-state index in [1.165, 1.54) is 6.08 Å². The molecule has 4 N–H and O–H groups in total. The van der Waals surface area contributed by atoms with E-state index in [1.807, 2.05) is 30.3 Å². The molecule has 0 amide bonds. The van der Waals surface area contributed by atoms with E-state index in [-0.39, 0.29) is 25.4 Å². The molecular weight excluding hydrogens is 321 g/mol. The summed E-state index contributed by atoms with van der Waals surface area (Å²) in [6.45, 7) is 2.08. The molecule has 0 saturated carbocycles. The molecule has 0 spiro atoms. The van der Waals surface area contributed by atoms with E-state index in [2.05, 4.69) is 0 Å². The summed E-state index contributed by atoms with van der Waals surface area (Å²) in [4.78, 5) is 29.7. The van der Waals surface area contributed by atoms with Gasteiger partial charge in [0.2, 0.25) is 0 Å². The highest BCUT2D eigenvalue weighted by Gasteiger charge is 2.19. The van der Waals surface area contributed by atoms with Gasteiger partial charge in [-0.05, 0) is 18.1 Å². The first-order valence-corrected chi connectivity index (χ1v) is 8.89. The highest BCUT2D eigenvalue weighted by atomic mass is 31.2. The summed E-state index contributed by atoms with van der Waals surface area (Å²) in [5.41, 5.74) is 6.83. The van der Waals surface area contributed by atoms with E-state index in [1.54, 1.807) is 6.92 Å². The van der Waals surface area contributed by atoms with Crippen molar-refractivity contribution in [1.82, 2.24) is 0 Å². The number of carbonyl (C=O) groups is 1. The summed E-state index contributed by atoms with van der Waals surface area (Å²) in [5.74, 6) is -0.654. The van der Waals surface area contributed by atoms with E-state index in [4.69, 9.17) is 25.0 Å². The Morgan fingerprint density at radius 1 is 1.35 bits per heavy atom. The van der Waals surface area contributed by atoms with E-state index in [0.717, 1.165) is 5.56 Å².